The van der Waals surface area contributed by atoms with E-state index in [1.54, 1.807) is 0 Å². The largest absolute Gasteiger partial charge is 0.385 e. The highest BCUT2D eigenvalue weighted by molar-refractivity contribution is 5.55. The number of nitrogens with zero attached hydrogens (tertiary/aromatic N) is 3. The van der Waals surface area contributed by atoms with Gasteiger partial charge in [0.05, 0.1) is 5.60 Å². The minimum atomic E-state index is -0.654. The van der Waals surface area contributed by atoms with Gasteiger partial charge in [0.25, 0.3) is 0 Å². The molecule has 1 fully saturated rings. The van der Waals surface area contributed by atoms with Crippen molar-refractivity contribution in [2.75, 3.05) is 19.6 Å². The molecule has 4 rings (SSSR count). The van der Waals surface area contributed by atoms with E-state index in [2.05, 4.69) is 44.9 Å². The Morgan fingerprint density at radius 3 is 2.21 bits per heavy atom. The summed E-state index contributed by atoms with van der Waals surface area (Å²) in [7, 11) is 0. The first-order valence-corrected chi connectivity index (χ1v) is 10.3. The first-order valence-electron chi connectivity index (χ1n) is 10.3. The van der Waals surface area contributed by atoms with Gasteiger partial charge >= 0.3 is 0 Å². The molecule has 0 amide bonds. The zero-order valence-corrected chi connectivity index (χ0v) is 16.4. The van der Waals surface area contributed by atoms with Crippen LogP contribution >= 0.6 is 0 Å². The molecule has 28 heavy (non-hydrogen) atoms. The number of benzene rings is 2. The van der Waals surface area contributed by atoms with Crippen molar-refractivity contribution < 1.29 is 5.11 Å². The molecule has 0 radical (unpaired) electrons. The zero-order valence-electron chi connectivity index (χ0n) is 16.4. The van der Waals surface area contributed by atoms with E-state index in [9.17, 15) is 5.11 Å². The van der Waals surface area contributed by atoms with Crippen molar-refractivity contribution in [3.8, 4) is 11.4 Å². The van der Waals surface area contributed by atoms with Gasteiger partial charge in [-0.25, -0.2) is 4.98 Å². The molecule has 3 aromatic rings. The van der Waals surface area contributed by atoms with Crippen LogP contribution in [0.3, 0.4) is 0 Å². The van der Waals surface area contributed by atoms with Gasteiger partial charge in [-0.2, -0.15) is 0 Å². The Morgan fingerprint density at radius 1 is 0.857 bits per heavy atom. The standard InChI is InChI=1S/C24H29N3O/c28-24(22-11-5-2-6-12-22)13-18-26(19-14-24)16-7-8-17-27-20-15-25-23(27)21-9-3-1-4-10-21/h1-6,9-12,15,20,28H,7-8,13-14,16-19H2. The van der Waals surface area contributed by atoms with E-state index in [0.29, 0.717) is 0 Å². The molecule has 146 valence electrons. The van der Waals surface area contributed by atoms with Crippen molar-refractivity contribution in [3.63, 3.8) is 0 Å². The highest BCUT2D eigenvalue weighted by Crippen LogP contribution is 2.32. The van der Waals surface area contributed by atoms with Crippen LogP contribution in [0.2, 0.25) is 0 Å². The summed E-state index contributed by atoms with van der Waals surface area (Å²) in [5.41, 5.74) is 1.58. The lowest BCUT2D eigenvalue weighted by atomic mass is 9.84. The second-order valence-corrected chi connectivity index (χ2v) is 7.76. The normalized spacial score (nSPS) is 16.9. The molecule has 1 saturated heterocycles. The minimum Gasteiger partial charge on any atom is -0.385 e. The minimum absolute atomic E-state index is 0.654. The Labute approximate surface area is 167 Å². The van der Waals surface area contributed by atoms with Crippen molar-refractivity contribution in [2.24, 2.45) is 0 Å². The van der Waals surface area contributed by atoms with Crippen molar-refractivity contribution in [1.29, 1.82) is 0 Å². The predicted octanol–water partition coefficient (Wildman–Crippen LogP) is 4.31. The van der Waals surface area contributed by atoms with E-state index >= 15 is 0 Å². The maximum atomic E-state index is 11.0. The van der Waals surface area contributed by atoms with E-state index in [1.165, 1.54) is 5.56 Å². The highest BCUT2D eigenvalue weighted by Gasteiger charge is 2.33. The lowest BCUT2D eigenvalue weighted by Gasteiger charge is -2.38. The fourth-order valence-corrected chi connectivity index (χ4v) is 4.14. The Hall–Kier alpha value is -2.43. The fourth-order valence-electron chi connectivity index (χ4n) is 4.14. The highest BCUT2D eigenvalue weighted by atomic mass is 16.3. The Balaban J connectivity index is 1.23. The van der Waals surface area contributed by atoms with Gasteiger partial charge in [0.1, 0.15) is 5.82 Å². The third-order valence-corrected chi connectivity index (χ3v) is 5.87. The van der Waals surface area contributed by atoms with E-state index in [4.69, 9.17) is 0 Å². The van der Waals surface area contributed by atoms with Gasteiger partial charge < -0.3 is 14.6 Å². The average molecular weight is 376 g/mol. The molecular formula is C24H29N3O. The molecule has 1 aliphatic heterocycles. The Morgan fingerprint density at radius 2 is 1.50 bits per heavy atom. The van der Waals surface area contributed by atoms with Gasteiger partial charge in [-0.05, 0) is 37.8 Å². The summed E-state index contributed by atoms with van der Waals surface area (Å²) in [5, 5.41) is 11.0. The molecule has 4 nitrogen and oxygen atoms in total. The second-order valence-electron chi connectivity index (χ2n) is 7.76. The molecule has 4 heteroatoms. The molecular weight excluding hydrogens is 346 g/mol. The van der Waals surface area contributed by atoms with Crippen LogP contribution in [0.25, 0.3) is 11.4 Å². The summed E-state index contributed by atoms with van der Waals surface area (Å²) in [6.45, 7) is 4.02. The number of aryl methyl sites for hydroxylation is 1. The smallest absolute Gasteiger partial charge is 0.139 e. The molecule has 1 aromatic heterocycles. The topological polar surface area (TPSA) is 41.3 Å². The molecule has 0 saturated carbocycles. The first-order chi connectivity index (χ1) is 13.7. The van der Waals surface area contributed by atoms with Gasteiger partial charge in [-0.3, -0.25) is 0 Å². The molecule has 2 aromatic carbocycles. The second kappa shape index (κ2) is 8.72. The van der Waals surface area contributed by atoms with Crippen molar-refractivity contribution in [3.05, 3.63) is 78.6 Å². The molecule has 1 N–H and O–H groups in total. The van der Waals surface area contributed by atoms with Crippen LogP contribution in [-0.4, -0.2) is 39.2 Å². The molecule has 0 bridgehead atoms. The van der Waals surface area contributed by atoms with Gasteiger partial charge in [-0.15, -0.1) is 0 Å². The lowest BCUT2D eigenvalue weighted by Crippen LogP contribution is -2.42. The summed E-state index contributed by atoms with van der Waals surface area (Å²) < 4.78 is 2.25. The molecule has 0 aliphatic carbocycles. The number of hydrogen-bond donors (Lipinski definition) is 1. The van der Waals surface area contributed by atoms with Gasteiger partial charge in [-0.1, -0.05) is 60.7 Å². The molecule has 2 heterocycles. The van der Waals surface area contributed by atoms with Crippen molar-refractivity contribution >= 4 is 0 Å². The van der Waals surface area contributed by atoms with Gasteiger partial charge in [0.15, 0.2) is 0 Å². The SMILES string of the molecule is OC1(c2ccccc2)CCN(CCCCn2ccnc2-c2ccccc2)CC1. The molecule has 0 unspecified atom stereocenters. The summed E-state index contributed by atoms with van der Waals surface area (Å²) >= 11 is 0. The third-order valence-electron chi connectivity index (χ3n) is 5.87. The number of imidazole rings is 1. The fraction of sp³-hybridized carbons (Fsp3) is 0.375. The van der Waals surface area contributed by atoms with Crippen molar-refractivity contribution in [1.82, 2.24) is 14.5 Å². The summed E-state index contributed by atoms with van der Waals surface area (Å²) in [4.78, 5) is 7.01. The van der Waals surface area contributed by atoms with Crippen LogP contribution < -0.4 is 0 Å². The number of hydrogen-bond acceptors (Lipinski definition) is 3. The predicted molar refractivity (Wildman–Crippen MR) is 113 cm³/mol. The van der Waals surface area contributed by atoms with E-state index in [1.807, 2.05) is 42.6 Å². The monoisotopic (exact) mass is 375 g/mol. The number of piperidine rings is 1. The van der Waals surface area contributed by atoms with Crippen LogP contribution in [0.5, 0.6) is 0 Å². The number of likely N-dealkylation sites (tertiary alicyclic amines) is 1. The quantitative estimate of drug-likeness (QED) is 0.626. The lowest BCUT2D eigenvalue weighted by molar-refractivity contribution is -0.0261. The summed E-state index contributed by atoms with van der Waals surface area (Å²) in [6.07, 6.45) is 7.89. The molecule has 0 atom stereocenters. The van der Waals surface area contributed by atoms with E-state index in [-0.39, 0.29) is 0 Å². The average Bonchev–Trinajstić information content (AvgIpc) is 3.22. The van der Waals surface area contributed by atoms with Crippen LogP contribution in [0.1, 0.15) is 31.2 Å². The number of aliphatic hydroxyl groups is 1. The Kier molecular flexibility index (Phi) is 5.89. The Bertz CT molecular complexity index is 852. The number of unbranched alkanes of at least 4 members (excludes halogenated alkanes) is 1. The summed E-state index contributed by atoms with van der Waals surface area (Å²) in [5.74, 6) is 1.05. The van der Waals surface area contributed by atoms with Crippen LogP contribution in [-0.2, 0) is 12.1 Å². The van der Waals surface area contributed by atoms with Crippen molar-refractivity contribution in [2.45, 2.75) is 37.8 Å². The number of aromatic nitrogens is 2. The van der Waals surface area contributed by atoms with Gasteiger partial charge in [0, 0.05) is 37.6 Å². The number of rotatable bonds is 7. The molecule has 1 aliphatic rings. The van der Waals surface area contributed by atoms with Gasteiger partial charge in [0.2, 0.25) is 0 Å². The third kappa shape index (κ3) is 4.34. The summed E-state index contributed by atoms with van der Waals surface area (Å²) in [6, 6.07) is 20.5. The maximum Gasteiger partial charge on any atom is 0.139 e. The maximum absolute atomic E-state index is 11.0. The first kappa shape index (κ1) is 18.9. The molecule has 0 spiro atoms. The van der Waals surface area contributed by atoms with Crippen LogP contribution in [0.4, 0.5) is 0 Å². The van der Waals surface area contributed by atoms with E-state index < -0.39 is 5.60 Å². The van der Waals surface area contributed by atoms with Crippen LogP contribution in [0, 0.1) is 0 Å². The van der Waals surface area contributed by atoms with Crippen LogP contribution in [0.15, 0.2) is 73.1 Å². The zero-order chi connectivity index (χ0) is 19.2. The van der Waals surface area contributed by atoms with E-state index in [0.717, 1.165) is 63.3 Å².